The van der Waals surface area contributed by atoms with E-state index >= 15 is 0 Å². The van der Waals surface area contributed by atoms with Crippen LogP contribution in [0.25, 0.3) is 0 Å². The van der Waals surface area contributed by atoms with Crippen LogP contribution in [0.2, 0.25) is 0 Å². The lowest BCUT2D eigenvalue weighted by molar-refractivity contribution is -0.143. The normalized spacial score (nSPS) is 17.9. The summed E-state index contributed by atoms with van der Waals surface area (Å²) in [5, 5.41) is 4.13. The van der Waals surface area contributed by atoms with Gasteiger partial charge in [-0.1, -0.05) is 18.2 Å². The molecular weight excluding hydrogens is 437 g/mol. The van der Waals surface area contributed by atoms with Crippen LogP contribution in [-0.4, -0.2) is 55.9 Å². The Morgan fingerprint density at radius 3 is 2.68 bits per heavy atom. The summed E-state index contributed by atoms with van der Waals surface area (Å²) in [6, 6.07) is 9.10. The Kier molecular flexibility index (Phi) is 6.54. The second-order valence-corrected chi connectivity index (χ2v) is 8.68. The second kappa shape index (κ2) is 9.54. The van der Waals surface area contributed by atoms with Crippen LogP contribution >= 0.6 is 0 Å². The van der Waals surface area contributed by atoms with Gasteiger partial charge in [-0.25, -0.2) is 4.39 Å². The van der Waals surface area contributed by atoms with E-state index in [1.165, 1.54) is 23.1 Å². The lowest BCUT2D eigenvalue weighted by atomic mass is 9.75. The fraction of sp³-hybridized carbons (Fsp3) is 0.320. The average molecular weight is 464 g/mol. The van der Waals surface area contributed by atoms with Gasteiger partial charge >= 0.3 is 0 Å². The smallest absolute Gasteiger partial charge is 0.241 e. The quantitative estimate of drug-likeness (QED) is 0.478. The molecule has 1 aromatic carbocycles. The van der Waals surface area contributed by atoms with E-state index < -0.39 is 23.0 Å². The van der Waals surface area contributed by atoms with Gasteiger partial charge in [-0.05, 0) is 41.3 Å². The molecule has 0 N–H and O–H groups in total. The van der Waals surface area contributed by atoms with Gasteiger partial charge in [-0.2, -0.15) is 5.10 Å². The number of aryl methyl sites for hydroxylation is 1. The Balaban J connectivity index is 1.58. The van der Waals surface area contributed by atoms with Crippen LogP contribution in [0, 0.1) is 5.82 Å². The van der Waals surface area contributed by atoms with Crippen LogP contribution in [0.3, 0.4) is 0 Å². The molecule has 176 valence electrons. The third-order valence-electron chi connectivity index (χ3n) is 6.22. The molecule has 1 unspecified atom stereocenters. The van der Waals surface area contributed by atoms with Crippen molar-refractivity contribution in [3.05, 3.63) is 83.7 Å². The number of halogens is 1. The van der Waals surface area contributed by atoms with E-state index in [9.17, 15) is 18.8 Å². The Bertz CT molecular complexity index is 1210. The number of rotatable bonds is 8. The maximum absolute atomic E-state index is 14.1. The number of benzene rings is 1. The molecule has 1 aliphatic heterocycles. The summed E-state index contributed by atoms with van der Waals surface area (Å²) in [5.41, 5.74) is 0.547. The summed E-state index contributed by atoms with van der Waals surface area (Å²) < 4.78 is 15.8. The number of imide groups is 1. The van der Waals surface area contributed by atoms with E-state index in [0.29, 0.717) is 24.1 Å². The molecule has 4 rings (SSSR count). The Morgan fingerprint density at radius 2 is 2.00 bits per heavy atom. The topological polar surface area (TPSA) is 88.4 Å². The van der Waals surface area contributed by atoms with Crippen molar-refractivity contribution in [1.82, 2.24) is 24.6 Å². The number of hydrogen-bond donors (Lipinski definition) is 0. The largest absolute Gasteiger partial charge is 0.345 e. The standard InChI is InChI=1S/C25H26FN5O3/c1-29(10-8-19-15-28-30(2)16-19)22(32)12-25(20-6-3-7-21(26)11-20)13-23(33)31(24(25)34)17-18-5-4-9-27-14-18/h3-7,9,11,14-16H,8,10,12-13,17H2,1-2H3. The molecule has 0 bridgehead atoms. The summed E-state index contributed by atoms with van der Waals surface area (Å²) in [6.07, 6.45) is 6.98. The van der Waals surface area contributed by atoms with E-state index in [1.807, 2.05) is 13.2 Å². The van der Waals surface area contributed by atoms with E-state index in [0.717, 1.165) is 10.5 Å². The molecule has 1 fully saturated rings. The van der Waals surface area contributed by atoms with Crippen molar-refractivity contribution >= 4 is 17.7 Å². The summed E-state index contributed by atoms with van der Waals surface area (Å²) in [6.45, 7) is 0.471. The van der Waals surface area contributed by atoms with Crippen LogP contribution in [0.15, 0.2) is 61.2 Å². The van der Waals surface area contributed by atoms with Crippen LogP contribution in [0.4, 0.5) is 4.39 Å². The highest BCUT2D eigenvalue weighted by Gasteiger charge is 2.54. The van der Waals surface area contributed by atoms with Crippen LogP contribution in [-0.2, 0) is 39.8 Å². The molecule has 2 aromatic heterocycles. The van der Waals surface area contributed by atoms with Crippen molar-refractivity contribution in [3.8, 4) is 0 Å². The van der Waals surface area contributed by atoms with E-state index in [2.05, 4.69) is 10.1 Å². The van der Waals surface area contributed by atoms with Gasteiger partial charge in [0.2, 0.25) is 17.7 Å². The summed E-state index contributed by atoms with van der Waals surface area (Å²) in [4.78, 5) is 46.6. The predicted octanol–water partition coefficient (Wildman–Crippen LogP) is 2.24. The molecule has 8 nitrogen and oxygen atoms in total. The molecule has 0 saturated carbocycles. The summed E-state index contributed by atoms with van der Waals surface area (Å²) >= 11 is 0. The Labute approximate surface area is 197 Å². The molecule has 9 heteroatoms. The van der Waals surface area contributed by atoms with Gasteiger partial charge in [-0.3, -0.25) is 28.9 Å². The zero-order valence-corrected chi connectivity index (χ0v) is 19.1. The molecule has 34 heavy (non-hydrogen) atoms. The number of likely N-dealkylation sites (tertiary alicyclic amines) is 1. The third-order valence-corrected chi connectivity index (χ3v) is 6.22. The lowest BCUT2D eigenvalue weighted by Gasteiger charge is -2.29. The van der Waals surface area contributed by atoms with Gasteiger partial charge in [0.05, 0.1) is 18.2 Å². The lowest BCUT2D eigenvalue weighted by Crippen LogP contribution is -2.43. The summed E-state index contributed by atoms with van der Waals surface area (Å²) in [7, 11) is 3.48. The number of nitrogens with zero attached hydrogens (tertiary/aromatic N) is 5. The first-order chi connectivity index (χ1) is 16.3. The zero-order chi connectivity index (χ0) is 24.3. The minimum atomic E-state index is -1.46. The first kappa shape index (κ1) is 23.3. The molecule has 3 aromatic rings. The minimum absolute atomic E-state index is 0.0492. The van der Waals surface area contributed by atoms with Gasteiger partial charge in [-0.15, -0.1) is 0 Å². The van der Waals surface area contributed by atoms with Gasteiger partial charge in [0.25, 0.3) is 0 Å². The highest BCUT2D eigenvalue weighted by Crippen LogP contribution is 2.41. The number of carbonyl (C=O) groups excluding carboxylic acids is 3. The fourth-order valence-electron chi connectivity index (χ4n) is 4.30. The monoisotopic (exact) mass is 463 g/mol. The molecule has 0 aliphatic carbocycles. The van der Waals surface area contributed by atoms with E-state index in [4.69, 9.17) is 0 Å². The molecular formula is C25H26FN5O3. The van der Waals surface area contributed by atoms with Crippen molar-refractivity contribution in [1.29, 1.82) is 0 Å². The highest BCUT2D eigenvalue weighted by atomic mass is 19.1. The van der Waals surface area contributed by atoms with Gasteiger partial charge in [0.15, 0.2) is 0 Å². The van der Waals surface area contributed by atoms with E-state index in [-0.39, 0.29) is 25.3 Å². The number of carbonyl (C=O) groups is 3. The number of likely N-dealkylation sites (N-methyl/N-ethyl adjacent to an activating group) is 1. The molecule has 1 aliphatic rings. The molecule has 0 spiro atoms. The number of hydrogen-bond acceptors (Lipinski definition) is 5. The molecule has 0 radical (unpaired) electrons. The predicted molar refractivity (Wildman–Crippen MR) is 122 cm³/mol. The SMILES string of the molecule is CN(CCc1cnn(C)c1)C(=O)CC1(c2cccc(F)c2)CC(=O)N(Cc2cccnc2)C1=O. The Hall–Kier alpha value is -3.88. The van der Waals surface area contributed by atoms with Crippen molar-refractivity contribution in [2.24, 2.45) is 7.05 Å². The van der Waals surface area contributed by atoms with Crippen LogP contribution in [0.1, 0.15) is 29.5 Å². The van der Waals surface area contributed by atoms with Crippen molar-refractivity contribution in [3.63, 3.8) is 0 Å². The minimum Gasteiger partial charge on any atom is -0.345 e. The Morgan fingerprint density at radius 1 is 1.18 bits per heavy atom. The van der Waals surface area contributed by atoms with Gasteiger partial charge in [0, 0.05) is 52.1 Å². The van der Waals surface area contributed by atoms with E-state index in [1.54, 1.807) is 48.5 Å². The number of aromatic nitrogens is 3. The molecule has 1 saturated heterocycles. The number of amides is 3. The van der Waals surface area contributed by atoms with Gasteiger partial charge < -0.3 is 4.90 Å². The zero-order valence-electron chi connectivity index (χ0n) is 19.1. The molecule has 3 amide bonds. The van der Waals surface area contributed by atoms with Crippen LogP contribution < -0.4 is 0 Å². The highest BCUT2D eigenvalue weighted by molar-refractivity contribution is 6.10. The van der Waals surface area contributed by atoms with Crippen molar-refractivity contribution in [2.45, 2.75) is 31.2 Å². The number of pyridine rings is 1. The van der Waals surface area contributed by atoms with Crippen molar-refractivity contribution in [2.75, 3.05) is 13.6 Å². The molecule has 1 atom stereocenters. The fourth-order valence-corrected chi connectivity index (χ4v) is 4.30. The molecule has 3 heterocycles. The summed E-state index contributed by atoms with van der Waals surface area (Å²) in [5.74, 6) is -1.72. The van der Waals surface area contributed by atoms with Crippen LogP contribution in [0.5, 0.6) is 0 Å². The van der Waals surface area contributed by atoms with Crippen molar-refractivity contribution < 1.29 is 18.8 Å². The maximum atomic E-state index is 14.1. The first-order valence-electron chi connectivity index (χ1n) is 11.0. The van der Waals surface area contributed by atoms with Gasteiger partial charge in [0.1, 0.15) is 5.82 Å². The second-order valence-electron chi connectivity index (χ2n) is 8.68. The third kappa shape index (κ3) is 4.73. The first-order valence-corrected chi connectivity index (χ1v) is 11.0. The maximum Gasteiger partial charge on any atom is 0.241 e. The average Bonchev–Trinajstić information content (AvgIpc) is 3.34.